The van der Waals surface area contributed by atoms with Crippen LogP contribution in [0.2, 0.25) is 0 Å². The number of piperazine rings is 1. The summed E-state index contributed by atoms with van der Waals surface area (Å²) in [6.45, 7) is 8.00. The van der Waals surface area contributed by atoms with Crippen LogP contribution in [0.1, 0.15) is 46.5 Å². The molecule has 0 spiro atoms. The molecule has 1 aliphatic carbocycles. The molecule has 0 radical (unpaired) electrons. The van der Waals surface area contributed by atoms with Crippen molar-refractivity contribution >= 4 is 11.8 Å². The van der Waals surface area contributed by atoms with Gasteiger partial charge in [-0.25, -0.2) is 0 Å². The van der Waals surface area contributed by atoms with Crippen molar-refractivity contribution in [3.8, 4) is 0 Å². The molecule has 2 aliphatic rings. The SMILES string of the molecule is CCOCCCN1C(=O)C(C(C)CC)NC(=O)C1C1CC1. The van der Waals surface area contributed by atoms with Gasteiger partial charge in [-0.3, -0.25) is 9.59 Å². The summed E-state index contributed by atoms with van der Waals surface area (Å²) in [4.78, 5) is 27.0. The quantitative estimate of drug-likeness (QED) is 0.692. The van der Waals surface area contributed by atoms with Gasteiger partial charge in [0.1, 0.15) is 12.1 Å². The molecule has 2 rings (SSSR count). The van der Waals surface area contributed by atoms with Crippen LogP contribution in [0.3, 0.4) is 0 Å². The van der Waals surface area contributed by atoms with Crippen LogP contribution in [0, 0.1) is 11.8 Å². The van der Waals surface area contributed by atoms with Crippen LogP contribution >= 0.6 is 0 Å². The lowest BCUT2D eigenvalue weighted by Gasteiger charge is -2.41. The van der Waals surface area contributed by atoms with Crippen molar-refractivity contribution in [3.63, 3.8) is 0 Å². The van der Waals surface area contributed by atoms with E-state index >= 15 is 0 Å². The van der Waals surface area contributed by atoms with E-state index in [1.807, 2.05) is 18.7 Å². The molecule has 1 saturated carbocycles. The zero-order valence-electron chi connectivity index (χ0n) is 13.4. The molecule has 3 unspecified atom stereocenters. The second-order valence-electron chi connectivity index (χ2n) is 6.24. The second-order valence-corrected chi connectivity index (χ2v) is 6.24. The first-order valence-corrected chi connectivity index (χ1v) is 8.28. The van der Waals surface area contributed by atoms with E-state index in [1.165, 1.54) is 0 Å². The molecule has 1 N–H and O–H groups in total. The topological polar surface area (TPSA) is 58.6 Å². The Morgan fingerprint density at radius 1 is 1.33 bits per heavy atom. The van der Waals surface area contributed by atoms with Gasteiger partial charge in [0.2, 0.25) is 11.8 Å². The highest BCUT2D eigenvalue weighted by Crippen LogP contribution is 2.37. The van der Waals surface area contributed by atoms with Gasteiger partial charge in [-0.2, -0.15) is 0 Å². The fourth-order valence-corrected chi connectivity index (χ4v) is 2.99. The second kappa shape index (κ2) is 7.25. The van der Waals surface area contributed by atoms with Gasteiger partial charge in [0, 0.05) is 19.8 Å². The maximum Gasteiger partial charge on any atom is 0.246 e. The zero-order chi connectivity index (χ0) is 15.4. The smallest absolute Gasteiger partial charge is 0.246 e. The first-order valence-electron chi connectivity index (χ1n) is 8.28. The van der Waals surface area contributed by atoms with E-state index in [0.29, 0.717) is 25.7 Å². The molecule has 21 heavy (non-hydrogen) atoms. The summed E-state index contributed by atoms with van der Waals surface area (Å²) in [5.41, 5.74) is 0. The van der Waals surface area contributed by atoms with E-state index in [9.17, 15) is 9.59 Å². The molecular weight excluding hydrogens is 268 g/mol. The first-order chi connectivity index (χ1) is 10.1. The molecule has 5 nitrogen and oxygen atoms in total. The Balaban J connectivity index is 2.05. The van der Waals surface area contributed by atoms with Gasteiger partial charge in [-0.15, -0.1) is 0 Å². The summed E-state index contributed by atoms with van der Waals surface area (Å²) in [5.74, 6) is 0.672. The largest absolute Gasteiger partial charge is 0.382 e. The number of carbonyl (C=O) groups excluding carboxylic acids is 2. The van der Waals surface area contributed by atoms with Gasteiger partial charge in [0.05, 0.1) is 0 Å². The van der Waals surface area contributed by atoms with Crippen LogP contribution in [0.4, 0.5) is 0 Å². The van der Waals surface area contributed by atoms with Crippen molar-refractivity contribution < 1.29 is 14.3 Å². The number of nitrogens with zero attached hydrogens (tertiary/aromatic N) is 1. The van der Waals surface area contributed by atoms with Crippen LogP contribution in [0.5, 0.6) is 0 Å². The average molecular weight is 296 g/mol. The van der Waals surface area contributed by atoms with E-state index in [0.717, 1.165) is 25.7 Å². The van der Waals surface area contributed by atoms with Gasteiger partial charge in [0.25, 0.3) is 0 Å². The number of amides is 2. The molecule has 5 heteroatoms. The standard InChI is InChI=1S/C16H28N2O3/c1-4-11(3)13-16(20)18(9-6-10-21-5-2)14(12-7-8-12)15(19)17-13/h11-14H,4-10H2,1-3H3,(H,17,19). The van der Waals surface area contributed by atoms with Crippen LogP contribution in [0.15, 0.2) is 0 Å². The van der Waals surface area contributed by atoms with Crippen molar-refractivity contribution in [2.24, 2.45) is 11.8 Å². The minimum Gasteiger partial charge on any atom is -0.382 e. The maximum absolute atomic E-state index is 12.7. The molecule has 0 aromatic heterocycles. The molecule has 1 heterocycles. The zero-order valence-corrected chi connectivity index (χ0v) is 13.4. The van der Waals surface area contributed by atoms with Crippen LogP contribution < -0.4 is 5.32 Å². The number of rotatable bonds is 8. The normalized spacial score (nSPS) is 27.7. The summed E-state index contributed by atoms with van der Waals surface area (Å²) in [6.07, 6.45) is 3.80. The Kier molecular flexibility index (Phi) is 5.62. The summed E-state index contributed by atoms with van der Waals surface area (Å²) < 4.78 is 5.35. The van der Waals surface area contributed by atoms with Crippen molar-refractivity contribution in [3.05, 3.63) is 0 Å². The van der Waals surface area contributed by atoms with Gasteiger partial charge >= 0.3 is 0 Å². The number of nitrogens with one attached hydrogen (secondary N) is 1. The fraction of sp³-hybridized carbons (Fsp3) is 0.875. The third kappa shape index (κ3) is 3.76. The number of ether oxygens (including phenoxy) is 1. The van der Waals surface area contributed by atoms with E-state index in [4.69, 9.17) is 4.74 Å². The van der Waals surface area contributed by atoms with Gasteiger partial charge in [-0.05, 0) is 38.0 Å². The lowest BCUT2D eigenvalue weighted by atomic mass is 9.93. The summed E-state index contributed by atoms with van der Waals surface area (Å²) in [5, 5.41) is 2.96. The highest BCUT2D eigenvalue weighted by Gasteiger charge is 2.48. The van der Waals surface area contributed by atoms with E-state index < -0.39 is 0 Å². The molecule has 0 aromatic rings. The van der Waals surface area contributed by atoms with Crippen LogP contribution in [0.25, 0.3) is 0 Å². The van der Waals surface area contributed by atoms with E-state index in [2.05, 4.69) is 12.2 Å². The summed E-state index contributed by atoms with van der Waals surface area (Å²) in [6, 6.07) is -0.607. The monoisotopic (exact) mass is 296 g/mol. The van der Waals surface area contributed by atoms with Gasteiger partial charge < -0.3 is 15.0 Å². The van der Waals surface area contributed by atoms with Crippen LogP contribution in [-0.2, 0) is 14.3 Å². The molecule has 0 bridgehead atoms. The molecule has 3 atom stereocenters. The first kappa shape index (κ1) is 16.3. The Labute approximate surface area is 127 Å². The molecule has 0 aromatic carbocycles. The Morgan fingerprint density at radius 3 is 2.62 bits per heavy atom. The van der Waals surface area contributed by atoms with Crippen LogP contribution in [-0.4, -0.2) is 48.6 Å². The third-order valence-corrected chi connectivity index (χ3v) is 4.62. The highest BCUT2D eigenvalue weighted by molar-refractivity contribution is 5.97. The Hall–Kier alpha value is -1.10. The van der Waals surface area contributed by atoms with Gasteiger partial charge in [-0.1, -0.05) is 20.3 Å². The highest BCUT2D eigenvalue weighted by atomic mass is 16.5. The number of carbonyl (C=O) groups is 2. The van der Waals surface area contributed by atoms with Crippen molar-refractivity contribution in [2.45, 2.75) is 58.5 Å². The summed E-state index contributed by atoms with van der Waals surface area (Å²) in [7, 11) is 0. The molecule has 120 valence electrons. The predicted octanol–water partition coefficient (Wildman–Crippen LogP) is 1.56. The summed E-state index contributed by atoms with van der Waals surface area (Å²) >= 11 is 0. The Bertz CT molecular complexity index is 382. The van der Waals surface area contributed by atoms with E-state index in [1.54, 1.807) is 0 Å². The minimum absolute atomic E-state index is 0.0406. The van der Waals surface area contributed by atoms with E-state index in [-0.39, 0.29) is 29.8 Å². The van der Waals surface area contributed by atoms with Crippen molar-refractivity contribution in [1.82, 2.24) is 10.2 Å². The Morgan fingerprint density at radius 2 is 2.05 bits per heavy atom. The number of hydrogen-bond acceptors (Lipinski definition) is 3. The minimum atomic E-state index is -0.357. The van der Waals surface area contributed by atoms with Crippen molar-refractivity contribution in [2.75, 3.05) is 19.8 Å². The number of hydrogen-bond donors (Lipinski definition) is 1. The predicted molar refractivity (Wildman–Crippen MR) is 80.7 cm³/mol. The molecule has 2 amide bonds. The molecule has 1 saturated heterocycles. The maximum atomic E-state index is 12.7. The lowest BCUT2D eigenvalue weighted by Crippen LogP contribution is -2.65. The van der Waals surface area contributed by atoms with Gasteiger partial charge in [0.15, 0.2) is 0 Å². The lowest BCUT2D eigenvalue weighted by molar-refractivity contribution is -0.152. The molecule has 1 aliphatic heterocycles. The molecular formula is C16H28N2O3. The van der Waals surface area contributed by atoms with Crippen molar-refractivity contribution in [1.29, 1.82) is 0 Å². The fourth-order valence-electron chi connectivity index (χ4n) is 2.99. The molecule has 2 fully saturated rings. The third-order valence-electron chi connectivity index (χ3n) is 4.62. The average Bonchev–Trinajstić information content (AvgIpc) is 3.30.